The number of hydrogen-bond acceptors (Lipinski definition) is 5. The highest BCUT2D eigenvalue weighted by Gasteiger charge is 2.27. The lowest BCUT2D eigenvalue weighted by atomic mass is 10.2. The van der Waals surface area contributed by atoms with Crippen LogP contribution in [0.3, 0.4) is 0 Å². The first-order chi connectivity index (χ1) is 13.1. The van der Waals surface area contributed by atoms with Crippen LogP contribution in [0.5, 0.6) is 0 Å². The van der Waals surface area contributed by atoms with Gasteiger partial charge in [0.2, 0.25) is 0 Å². The van der Waals surface area contributed by atoms with E-state index in [1.165, 1.54) is 0 Å². The smallest absolute Gasteiger partial charge is 0.404 e. The van der Waals surface area contributed by atoms with E-state index >= 15 is 0 Å². The summed E-state index contributed by atoms with van der Waals surface area (Å²) in [5, 5.41) is 16.0. The van der Waals surface area contributed by atoms with Crippen molar-refractivity contribution in [3.63, 3.8) is 0 Å². The Labute approximate surface area is 164 Å². The maximum Gasteiger partial charge on any atom is 0.404 e. The molecule has 0 aliphatic carbocycles. The number of carbonyl (C=O) groups is 1. The highest BCUT2D eigenvalue weighted by molar-refractivity contribution is 9.10. The minimum atomic E-state index is -0.985. The number of rotatable bonds is 5. The molecule has 1 aliphatic heterocycles. The second-order valence-corrected chi connectivity index (χ2v) is 7.33. The maximum atomic E-state index is 10.9. The van der Waals surface area contributed by atoms with Crippen LogP contribution in [0, 0.1) is 0 Å². The molecule has 0 spiro atoms. The number of fused-ring (bicyclic) bond motifs is 1. The van der Waals surface area contributed by atoms with Crippen molar-refractivity contribution in [1.29, 1.82) is 0 Å². The second-order valence-electron chi connectivity index (χ2n) is 6.48. The summed E-state index contributed by atoms with van der Waals surface area (Å²) in [5.74, 6) is 0. The number of H-pyrrole nitrogens is 1. The van der Waals surface area contributed by atoms with E-state index in [1.807, 2.05) is 24.5 Å². The van der Waals surface area contributed by atoms with Crippen LogP contribution in [0.2, 0.25) is 0 Å². The van der Waals surface area contributed by atoms with Crippen molar-refractivity contribution in [3.8, 4) is 0 Å². The van der Waals surface area contributed by atoms with Crippen LogP contribution in [0.15, 0.2) is 41.4 Å². The molecule has 1 atom stereocenters. The number of anilines is 2. The third-order valence-electron chi connectivity index (χ3n) is 4.67. The minimum Gasteiger partial charge on any atom is -0.465 e. The van der Waals surface area contributed by atoms with E-state index in [0.29, 0.717) is 13.1 Å². The number of hydrogen-bond donors (Lipinski definition) is 4. The van der Waals surface area contributed by atoms with Gasteiger partial charge < -0.3 is 25.6 Å². The number of aromatic nitrogens is 3. The van der Waals surface area contributed by atoms with E-state index in [0.717, 1.165) is 45.4 Å². The van der Waals surface area contributed by atoms with Crippen LogP contribution in [-0.2, 0) is 6.54 Å². The first kappa shape index (κ1) is 17.6. The number of amides is 1. The predicted molar refractivity (Wildman–Crippen MR) is 107 cm³/mol. The van der Waals surface area contributed by atoms with Crippen LogP contribution in [-0.4, -0.2) is 45.3 Å². The van der Waals surface area contributed by atoms with E-state index in [4.69, 9.17) is 5.11 Å². The van der Waals surface area contributed by atoms with Crippen molar-refractivity contribution in [2.45, 2.75) is 19.0 Å². The molecule has 140 valence electrons. The molecule has 0 bridgehead atoms. The zero-order valence-corrected chi connectivity index (χ0v) is 16.0. The first-order valence-corrected chi connectivity index (χ1v) is 9.44. The third kappa shape index (κ3) is 3.68. The van der Waals surface area contributed by atoms with Crippen molar-refractivity contribution in [2.75, 3.05) is 23.3 Å². The largest absolute Gasteiger partial charge is 0.465 e. The fourth-order valence-electron chi connectivity index (χ4n) is 3.46. The van der Waals surface area contributed by atoms with Crippen molar-refractivity contribution < 1.29 is 9.90 Å². The fraction of sp³-hybridized carbons (Fsp3) is 0.278. The average molecular weight is 431 g/mol. The number of nitrogens with one attached hydrogen (secondary N) is 3. The molecule has 1 saturated heterocycles. The van der Waals surface area contributed by atoms with E-state index in [9.17, 15) is 4.79 Å². The standard InChI is InChI=1S/C18H19BrN6O2/c19-13-8-22-17-15(16(13)25-5-3-12(10-25)24-18(26)27)14(9-23-17)21-7-11-2-1-4-20-6-11/h1-2,4,6,8-9,12,21,24H,3,5,7,10H2,(H,22,23)(H,26,27). The molecule has 0 radical (unpaired) electrons. The molecule has 8 nitrogen and oxygen atoms in total. The monoisotopic (exact) mass is 430 g/mol. The Balaban J connectivity index is 1.63. The Morgan fingerprint density at radius 3 is 3.11 bits per heavy atom. The molecule has 3 aromatic heterocycles. The van der Waals surface area contributed by atoms with Gasteiger partial charge in [-0.25, -0.2) is 9.78 Å². The van der Waals surface area contributed by atoms with E-state index in [1.54, 1.807) is 12.4 Å². The summed E-state index contributed by atoms with van der Waals surface area (Å²) in [5.41, 5.74) is 3.84. The Hall–Kier alpha value is -2.81. The summed E-state index contributed by atoms with van der Waals surface area (Å²) in [4.78, 5) is 25.0. The molecule has 3 aromatic rings. The molecule has 0 saturated carbocycles. The Bertz CT molecular complexity index is 961. The molecular formula is C18H19BrN6O2. The number of halogens is 1. The number of pyridine rings is 2. The summed E-state index contributed by atoms with van der Waals surface area (Å²) < 4.78 is 0.884. The molecule has 1 aliphatic rings. The highest BCUT2D eigenvalue weighted by atomic mass is 79.9. The number of carboxylic acid groups (broad SMARTS) is 1. The summed E-state index contributed by atoms with van der Waals surface area (Å²) in [6.07, 6.45) is 7.06. The third-order valence-corrected chi connectivity index (χ3v) is 5.25. The molecule has 27 heavy (non-hydrogen) atoms. The number of aromatic amines is 1. The van der Waals surface area contributed by atoms with Crippen LogP contribution in [0.4, 0.5) is 16.2 Å². The number of nitrogens with zero attached hydrogens (tertiary/aromatic N) is 3. The lowest BCUT2D eigenvalue weighted by Crippen LogP contribution is -2.36. The quantitative estimate of drug-likeness (QED) is 0.495. The van der Waals surface area contributed by atoms with Gasteiger partial charge in [-0.3, -0.25) is 4.98 Å². The van der Waals surface area contributed by atoms with Gasteiger partial charge in [-0.05, 0) is 34.0 Å². The van der Waals surface area contributed by atoms with Crippen LogP contribution in [0.25, 0.3) is 11.0 Å². The van der Waals surface area contributed by atoms with Crippen LogP contribution >= 0.6 is 15.9 Å². The Morgan fingerprint density at radius 1 is 1.44 bits per heavy atom. The molecule has 9 heteroatoms. The van der Waals surface area contributed by atoms with Gasteiger partial charge >= 0.3 is 6.09 Å². The average Bonchev–Trinajstić information content (AvgIpc) is 3.27. The molecule has 1 unspecified atom stereocenters. The van der Waals surface area contributed by atoms with Crippen LogP contribution < -0.4 is 15.5 Å². The van der Waals surface area contributed by atoms with Gasteiger partial charge in [0, 0.05) is 44.4 Å². The normalized spacial score (nSPS) is 16.6. The predicted octanol–water partition coefficient (Wildman–Crippen LogP) is 3.18. The lowest BCUT2D eigenvalue weighted by Gasteiger charge is -2.22. The zero-order valence-electron chi connectivity index (χ0n) is 14.4. The highest BCUT2D eigenvalue weighted by Crippen LogP contribution is 2.39. The SMILES string of the molecule is O=C(O)NC1CCN(c2c(Br)cnc3[nH]cc(NCc4cccnc4)c23)C1. The lowest BCUT2D eigenvalue weighted by molar-refractivity contribution is 0.191. The topological polar surface area (TPSA) is 106 Å². The molecular weight excluding hydrogens is 412 g/mol. The van der Waals surface area contributed by atoms with Gasteiger partial charge in [-0.1, -0.05) is 6.07 Å². The molecule has 1 amide bonds. The van der Waals surface area contributed by atoms with Crippen molar-refractivity contribution >= 4 is 44.4 Å². The van der Waals surface area contributed by atoms with Crippen molar-refractivity contribution in [1.82, 2.24) is 20.3 Å². The van der Waals surface area contributed by atoms with Gasteiger partial charge in [-0.2, -0.15) is 0 Å². The molecule has 4 N–H and O–H groups in total. The Morgan fingerprint density at radius 2 is 2.33 bits per heavy atom. The summed E-state index contributed by atoms with van der Waals surface area (Å²) in [6.45, 7) is 2.04. The van der Waals surface area contributed by atoms with Crippen molar-refractivity contribution in [3.05, 3.63) is 47.0 Å². The molecule has 0 aromatic carbocycles. The molecule has 1 fully saturated rings. The molecule has 4 rings (SSSR count). The van der Waals surface area contributed by atoms with Gasteiger partial charge in [0.15, 0.2) is 0 Å². The fourth-order valence-corrected chi connectivity index (χ4v) is 4.01. The summed E-state index contributed by atoms with van der Waals surface area (Å²) >= 11 is 3.62. The van der Waals surface area contributed by atoms with E-state index in [2.05, 4.69) is 46.4 Å². The second kappa shape index (κ2) is 7.43. The van der Waals surface area contributed by atoms with Crippen LogP contribution in [0.1, 0.15) is 12.0 Å². The first-order valence-electron chi connectivity index (χ1n) is 8.64. The van der Waals surface area contributed by atoms with E-state index < -0.39 is 6.09 Å². The Kier molecular flexibility index (Phi) is 4.85. The summed E-state index contributed by atoms with van der Waals surface area (Å²) in [7, 11) is 0. The maximum absolute atomic E-state index is 10.9. The molecule has 4 heterocycles. The van der Waals surface area contributed by atoms with Gasteiger partial charge in [0.1, 0.15) is 5.65 Å². The van der Waals surface area contributed by atoms with Gasteiger partial charge in [0.25, 0.3) is 0 Å². The zero-order chi connectivity index (χ0) is 18.8. The van der Waals surface area contributed by atoms with E-state index in [-0.39, 0.29) is 6.04 Å². The van der Waals surface area contributed by atoms with Gasteiger partial charge in [0.05, 0.1) is 27.3 Å². The minimum absolute atomic E-state index is 0.0802. The van der Waals surface area contributed by atoms with Gasteiger partial charge in [-0.15, -0.1) is 0 Å². The van der Waals surface area contributed by atoms with Crippen molar-refractivity contribution in [2.24, 2.45) is 0 Å². The summed E-state index contributed by atoms with van der Waals surface area (Å²) in [6, 6.07) is 3.85.